The average Bonchev–Trinajstić information content (AvgIpc) is 2.86. The van der Waals surface area contributed by atoms with Crippen LogP contribution in [0.4, 0.5) is 0 Å². The highest BCUT2D eigenvalue weighted by atomic mass is 16.2. The summed E-state index contributed by atoms with van der Waals surface area (Å²) in [5, 5.41) is 3.66. The Morgan fingerprint density at radius 2 is 1.86 bits per heavy atom. The van der Waals surface area contributed by atoms with Crippen molar-refractivity contribution in [3.63, 3.8) is 0 Å². The second-order valence-corrected chi connectivity index (χ2v) is 6.52. The number of nitrogens with one attached hydrogen (secondary N) is 1. The first-order valence-corrected chi connectivity index (χ1v) is 8.30. The van der Waals surface area contributed by atoms with Crippen LogP contribution >= 0.6 is 0 Å². The highest BCUT2D eigenvalue weighted by Gasteiger charge is 2.38. The Labute approximate surface area is 127 Å². The first-order valence-electron chi connectivity index (χ1n) is 8.30. The molecule has 3 unspecified atom stereocenters. The molecule has 3 heteroatoms. The van der Waals surface area contributed by atoms with E-state index in [4.69, 9.17) is 0 Å². The molecule has 2 fully saturated rings. The molecule has 2 heterocycles. The van der Waals surface area contributed by atoms with Crippen LogP contribution in [0.3, 0.4) is 0 Å². The fourth-order valence-corrected chi connectivity index (χ4v) is 4.01. The number of hydrogen-bond acceptors (Lipinski definition) is 2. The summed E-state index contributed by atoms with van der Waals surface area (Å²) >= 11 is 0. The molecule has 0 spiro atoms. The van der Waals surface area contributed by atoms with Gasteiger partial charge in [0.2, 0.25) is 5.91 Å². The lowest BCUT2D eigenvalue weighted by molar-refractivity contribution is -0.135. The van der Waals surface area contributed by atoms with Gasteiger partial charge in [0.05, 0.1) is 5.92 Å². The zero-order valence-electron chi connectivity index (χ0n) is 13.1. The molecule has 114 valence electrons. The molecule has 1 aromatic carbocycles. The van der Waals surface area contributed by atoms with Crippen LogP contribution in [-0.4, -0.2) is 35.5 Å². The number of piperidine rings is 1. The Morgan fingerprint density at radius 3 is 2.43 bits per heavy atom. The zero-order valence-corrected chi connectivity index (χ0v) is 13.1. The second-order valence-electron chi connectivity index (χ2n) is 6.52. The van der Waals surface area contributed by atoms with Gasteiger partial charge in [-0.1, -0.05) is 30.3 Å². The molecule has 0 aliphatic carbocycles. The summed E-state index contributed by atoms with van der Waals surface area (Å²) in [6.45, 7) is 4.97. The van der Waals surface area contributed by atoms with Crippen molar-refractivity contribution >= 4 is 5.91 Å². The Hall–Kier alpha value is -1.35. The lowest BCUT2D eigenvalue weighted by atomic mass is 9.94. The van der Waals surface area contributed by atoms with Gasteiger partial charge in [0, 0.05) is 24.7 Å². The topological polar surface area (TPSA) is 32.3 Å². The van der Waals surface area contributed by atoms with E-state index in [-0.39, 0.29) is 11.8 Å². The minimum atomic E-state index is -0.0429. The molecule has 2 saturated heterocycles. The number of hydrogen-bond donors (Lipinski definition) is 1. The van der Waals surface area contributed by atoms with Gasteiger partial charge < -0.3 is 10.2 Å². The number of carbonyl (C=O) groups excluding carboxylic acids is 1. The van der Waals surface area contributed by atoms with Gasteiger partial charge in [-0.15, -0.1) is 0 Å². The third-order valence-corrected chi connectivity index (χ3v) is 5.18. The molecule has 3 rings (SSSR count). The number of nitrogens with zero attached hydrogens (tertiary/aromatic N) is 1. The van der Waals surface area contributed by atoms with Gasteiger partial charge in [0.15, 0.2) is 0 Å². The second kappa shape index (κ2) is 6.18. The molecular weight excluding hydrogens is 260 g/mol. The minimum Gasteiger partial charge on any atom is -0.339 e. The van der Waals surface area contributed by atoms with Gasteiger partial charge in [0.25, 0.3) is 0 Å². The fourth-order valence-electron chi connectivity index (χ4n) is 4.01. The number of benzene rings is 1. The third-order valence-electron chi connectivity index (χ3n) is 5.18. The van der Waals surface area contributed by atoms with E-state index in [1.165, 1.54) is 12.8 Å². The van der Waals surface area contributed by atoms with Gasteiger partial charge >= 0.3 is 0 Å². The van der Waals surface area contributed by atoms with Crippen LogP contribution < -0.4 is 5.32 Å². The molecule has 0 aromatic heterocycles. The molecule has 0 radical (unpaired) electrons. The molecule has 3 atom stereocenters. The number of likely N-dealkylation sites (N-methyl/N-ethyl adjacent to an activating group) is 1. The normalized spacial score (nSPS) is 29.1. The first-order chi connectivity index (χ1) is 10.2. The smallest absolute Gasteiger partial charge is 0.230 e. The van der Waals surface area contributed by atoms with Gasteiger partial charge in [-0.2, -0.15) is 0 Å². The van der Waals surface area contributed by atoms with E-state index in [0.717, 1.165) is 24.9 Å². The van der Waals surface area contributed by atoms with Crippen LogP contribution in [0.5, 0.6) is 0 Å². The predicted molar refractivity (Wildman–Crippen MR) is 85.2 cm³/mol. The Bertz CT molecular complexity index is 475. The highest BCUT2D eigenvalue weighted by molar-refractivity contribution is 5.83. The number of fused-ring (bicyclic) bond motifs is 2. The largest absolute Gasteiger partial charge is 0.339 e. The summed E-state index contributed by atoms with van der Waals surface area (Å²) in [5.74, 6) is 0.244. The quantitative estimate of drug-likeness (QED) is 0.923. The molecule has 2 bridgehead atoms. The Morgan fingerprint density at radius 1 is 1.24 bits per heavy atom. The van der Waals surface area contributed by atoms with Gasteiger partial charge in [-0.25, -0.2) is 0 Å². The standard InChI is InChI=1S/C18H26N2O/c1-3-20(17-11-15-9-10-16(12-17)19-15)18(21)13(2)14-7-5-4-6-8-14/h4-8,13,15-17,19H,3,9-12H2,1-2H3. The molecule has 2 aliphatic rings. The highest BCUT2D eigenvalue weighted by Crippen LogP contribution is 2.31. The Kier molecular flexibility index (Phi) is 4.29. The third kappa shape index (κ3) is 2.98. The molecule has 2 aliphatic heterocycles. The van der Waals surface area contributed by atoms with E-state index >= 15 is 0 Å². The van der Waals surface area contributed by atoms with Crippen molar-refractivity contribution in [1.29, 1.82) is 0 Å². The van der Waals surface area contributed by atoms with Crippen molar-refractivity contribution < 1.29 is 4.79 Å². The molecule has 1 amide bonds. The fraction of sp³-hybridized carbons (Fsp3) is 0.611. The van der Waals surface area contributed by atoms with Gasteiger partial charge in [-0.05, 0) is 45.1 Å². The van der Waals surface area contributed by atoms with Crippen LogP contribution in [0, 0.1) is 0 Å². The maximum Gasteiger partial charge on any atom is 0.230 e. The molecule has 1 N–H and O–H groups in total. The molecule has 0 saturated carbocycles. The lowest BCUT2D eigenvalue weighted by Gasteiger charge is -2.38. The Balaban J connectivity index is 1.72. The molecule has 21 heavy (non-hydrogen) atoms. The maximum atomic E-state index is 12.9. The summed E-state index contributed by atoms with van der Waals surface area (Å²) in [6, 6.07) is 11.8. The summed E-state index contributed by atoms with van der Waals surface area (Å²) in [4.78, 5) is 15.0. The molecular formula is C18H26N2O. The van der Waals surface area contributed by atoms with Crippen molar-refractivity contribution in [1.82, 2.24) is 10.2 Å². The van der Waals surface area contributed by atoms with E-state index in [0.29, 0.717) is 18.1 Å². The molecule has 1 aromatic rings. The van der Waals surface area contributed by atoms with Gasteiger partial charge in [-0.3, -0.25) is 4.79 Å². The van der Waals surface area contributed by atoms with Crippen molar-refractivity contribution in [2.75, 3.05) is 6.54 Å². The van der Waals surface area contributed by atoms with E-state index in [1.54, 1.807) is 0 Å². The average molecular weight is 286 g/mol. The number of carbonyl (C=O) groups is 1. The van der Waals surface area contributed by atoms with Crippen LogP contribution in [0.15, 0.2) is 30.3 Å². The van der Waals surface area contributed by atoms with E-state index in [1.807, 2.05) is 25.1 Å². The maximum absolute atomic E-state index is 12.9. The SMILES string of the molecule is CCN(C(=O)C(C)c1ccccc1)C1CC2CCC(C1)N2. The van der Waals surface area contributed by atoms with Crippen molar-refractivity contribution in [3.05, 3.63) is 35.9 Å². The van der Waals surface area contributed by atoms with Crippen molar-refractivity contribution in [3.8, 4) is 0 Å². The number of rotatable bonds is 4. The summed E-state index contributed by atoms with van der Waals surface area (Å²) < 4.78 is 0. The van der Waals surface area contributed by atoms with Crippen LogP contribution in [-0.2, 0) is 4.79 Å². The summed E-state index contributed by atoms with van der Waals surface area (Å²) in [7, 11) is 0. The lowest BCUT2D eigenvalue weighted by Crippen LogP contribution is -2.51. The van der Waals surface area contributed by atoms with Crippen LogP contribution in [0.1, 0.15) is 51.0 Å². The first kappa shape index (κ1) is 14.6. The minimum absolute atomic E-state index is 0.0429. The number of amides is 1. The molecule has 3 nitrogen and oxygen atoms in total. The van der Waals surface area contributed by atoms with Crippen molar-refractivity contribution in [2.45, 2.75) is 63.6 Å². The van der Waals surface area contributed by atoms with E-state index in [2.05, 4.69) is 29.3 Å². The van der Waals surface area contributed by atoms with Gasteiger partial charge in [0.1, 0.15) is 0 Å². The monoisotopic (exact) mass is 286 g/mol. The van der Waals surface area contributed by atoms with Crippen LogP contribution in [0.25, 0.3) is 0 Å². The predicted octanol–water partition coefficient (Wildman–Crippen LogP) is 2.92. The van der Waals surface area contributed by atoms with Crippen LogP contribution in [0.2, 0.25) is 0 Å². The summed E-state index contributed by atoms with van der Waals surface area (Å²) in [6.07, 6.45) is 4.80. The zero-order chi connectivity index (χ0) is 14.8. The summed E-state index contributed by atoms with van der Waals surface area (Å²) in [5.41, 5.74) is 1.12. The van der Waals surface area contributed by atoms with E-state index in [9.17, 15) is 4.79 Å². The van der Waals surface area contributed by atoms with Crippen molar-refractivity contribution in [2.24, 2.45) is 0 Å². The van der Waals surface area contributed by atoms with E-state index < -0.39 is 0 Å².